The Morgan fingerprint density at radius 1 is 1.17 bits per heavy atom. The van der Waals surface area contributed by atoms with Crippen LogP contribution < -0.4 is 5.69 Å². The van der Waals surface area contributed by atoms with Gasteiger partial charge in [-0.2, -0.15) is 0 Å². The Hall–Kier alpha value is -2.50. The molecule has 0 radical (unpaired) electrons. The fourth-order valence-electron chi connectivity index (χ4n) is 1.84. The molecule has 0 saturated carbocycles. The van der Waals surface area contributed by atoms with E-state index in [1.165, 1.54) is 12.3 Å². The van der Waals surface area contributed by atoms with Gasteiger partial charge in [-0.1, -0.05) is 6.07 Å². The smallest absolute Gasteiger partial charge is 0.305 e. The third-order valence-corrected chi connectivity index (χ3v) is 2.62. The molecule has 1 aromatic carbocycles. The zero-order valence-corrected chi connectivity index (χ0v) is 9.02. The van der Waals surface area contributed by atoms with Crippen LogP contribution in [-0.4, -0.2) is 14.5 Å². The topological polar surface area (TPSA) is 50.7 Å². The molecule has 1 N–H and O–H groups in total. The van der Waals surface area contributed by atoms with E-state index in [-0.39, 0.29) is 16.9 Å². The highest BCUT2D eigenvalue weighted by Gasteiger charge is 2.16. The summed E-state index contributed by atoms with van der Waals surface area (Å²) < 4.78 is 28.0. The van der Waals surface area contributed by atoms with Crippen molar-refractivity contribution in [3.63, 3.8) is 0 Å². The van der Waals surface area contributed by atoms with Crippen molar-refractivity contribution < 1.29 is 8.78 Å². The Kier molecular flexibility index (Phi) is 2.22. The summed E-state index contributed by atoms with van der Waals surface area (Å²) in [6.07, 6.45) is 1.47. The van der Waals surface area contributed by atoms with E-state index < -0.39 is 17.3 Å². The van der Waals surface area contributed by atoms with Gasteiger partial charge in [-0.3, -0.25) is 0 Å². The zero-order valence-electron chi connectivity index (χ0n) is 9.02. The van der Waals surface area contributed by atoms with Crippen LogP contribution in [0.1, 0.15) is 0 Å². The van der Waals surface area contributed by atoms with Crippen molar-refractivity contribution in [1.29, 1.82) is 0 Å². The molecule has 0 aliphatic rings. The summed E-state index contributed by atoms with van der Waals surface area (Å²) >= 11 is 0. The van der Waals surface area contributed by atoms with Crippen molar-refractivity contribution in [2.24, 2.45) is 0 Å². The minimum atomic E-state index is -1.07. The molecule has 6 heteroatoms. The molecule has 18 heavy (non-hydrogen) atoms. The molecule has 0 aliphatic carbocycles. The predicted octanol–water partition coefficient (Wildman–Crippen LogP) is 1.99. The average Bonchev–Trinajstić information content (AvgIpc) is 2.72. The van der Waals surface area contributed by atoms with Gasteiger partial charge in [0.05, 0.1) is 5.52 Å². The van der Waals surface area contributed by atoms with Gasteiger partial charge in [0, 0.05) is 6.20 Å². The molecule has 3 aromatic rings. The third-order valence-electron chi connectivity index (χ3n) is 2.62. The van der Waals surface area contributed by atoms with Crippen LogP contribution in [0.5, 0.6) is 0 Å². The van der Waals surface area contributed by atoms with Crippen LogP contribution in [0.3, 0.4) is 0 Å². The second-order valence-corrected chi connectivity index (χ2v) is 3.71. The monoisotopic (exact) mass is 247 g/mol. The molecular weight excluding hydrogens is 240 g/mol. The summed E-state index contributed by atoms with van der Waals surface area (Å²) in [4.78, 5) is 18.2. The second kappa shape index (κ2) is 3.76. The number of hydrogen-bond acceptors (Lipinski definition) is 2. The number of imidazole rings is 1. The van der Waals surface area contributed by atoms with E-state index in [4.69, 9.17) is 0 Å². The maximum atomic E-state index is 13.8. The molecule has 4 nitrogen and oxygen atoms in total. The number of rotatable bonds is 1. The Morgan fingerprint density at radius 2 is 2.00 bits per heavy atom. The van der Waals surface area contributed by atoms with Gasteiger partial charge in [0.1, 0.15) is 11.3 Å². The van der Waals surface area contributed by atoms with Crippen LogP contribution in [0.15, 0.2) is 41.3 Å². The first-order valence-corrected chi connectivity index (χ1v) is 5.18. The molecule has 0 aliphatic heterocycles. The Balaban J connectivity index is 2.46. The number of nitrogens with one attached hydrogen (secondary N) is 1. The number of H-pyrrole nitrogens is 1. The van der Waals surface area contributed by atoms with E-state index in [1.807, 2.05) is 0 Å². The fourth-order valence-corrected chi connectivity index (χ4v) is 1.84. The highest BCUT2D eigenvalue weighted by atomic mass is 19.2. The van der Waals surface area contributed by atoms with Crippen LogP contribution in [0.4, 0.5) is 8.78 Å². The Morgan fingerprint density at radius 3 is 2.72 bits per heavy atom. The number of halogens is 2. The van der Waals surface area contributed by atoms with Crippen molar-refractivity contribution >= 4 is 11.0 Å². The van der Waals surface area contributed by atoms with Gasteiger partial charge in [-0.25, -0.2) is 23.1 Å². The van der Waals surface area contributed by atoms with E-state index >= 15 is 0 Å². The number of hydrogen-bond donors (Lipinski definition) is 1. The number of aromatic amines is 1. The van der Waals surface area contributed by atoms with Gasteiger partial charge >= 0.3 is 5.69 Å². The number of pyridine rings is 1. The molecule has 3 rings (SSSR count). The Bertz CT molecular complexity index is 777. The first kappa shape index (κ1) is 10.6. The van der Waals surface area contributed by atoms with Gasteiger partial charge in [-0.15, -0.1) is 0 Å². The van der Waals surface area contributed by atoms with E-state index in [2.05, 4.69) is 9.97 Å². The van der Waals surface area contributed by atoms with Gasteiger partial charge in [0.2, 0.25) is 0 Å². The van der Waals surface area contributed by atoms with E-state index in [9.17, 15) is 13.6 Å². The summed E-state index contributed by atoms with van der Waals surface area (Å²) in [5.41, 5.74) is -0.476. The third kappa shape index (κ3) is 1.42. The Labute approximate surface area is 99.5 Å². The van der Waals surface area contributed by atoms with E-state index in [0.29, 0.717) is 0 Å². The summed E-state index contributed by atoms with van der Waals surface area (Å²) in [6, 6.07) is 7.15. The van der Waals surface area contributed by atoms with Gasteiger partial charge < -0.3 is 4.98 Å². The zero-order chi connectivity index (χ0) is 12.7. The van der Waals surface area contributed by atoms with Crippen LogP contribution in [-0.2, 0) is 0 Å². The van der Waals surface area contributed by atoms with Gasteiger partial charge in [0.25, 0.3) is 0 Å². The maximum absolute atomic E-state index is 13.8. The van der Waals surface area contributed by atoms with Gasteiger partial charge in [0.15, 0.2) is 11.6 Å². The minimum absolute atomic E-state index is 0.140. The van der Waals surface area contributed by atoms with Crippen LogP contribution in [0, 0.1) is 11.6 Å². The lowest BCUT2D eigenvalue weighted by molar-refractivity contribution is 0.514. The normalized spacial score (nSPS) is 11.0. The molecule has 0 atom stereocenters. The molecule has 90 valence electrons. The molecule has 2 heterocycles. The quantitative estimate of drug-likeness (QED) is 0.715. The van der Waals surface area contributed by atoms with Gasteiger partial charge in [-0.05, 0) is 24.3 Å². The highest BCUT2D eigenvalue weighted by molar-refractivity contribution is 5.77. The number of aromatic nitrogens is 3. The molecular formula is C12H7F2N3O. The first-order valence-electron chi connectivity index (χ1n) is 5.18. The minimum Gasteiger partial charge on any atom is -0.305 e. The predicted molar refractivity (Wildman–Crippen MR) is 61.6 cm³/mol. The number of benzene rings is 1. The standard InChI is InChI=1S/C12H7F2N3O/c13-7-4-5-8-11(10(7)14)17(12(18)16-8)9-3-1-2-6-15-9/h1-6H,(H,16,18). The van der Waals surface area contributed by atoms with Crippen LogP contribution in [0.2, 0.25) is 0 Å². The summed E-state index contributed by atoms with van der Waals surface area (Å²) in [6.45, 7) is 0. The first-order chi connectivity index (χ1) is 8.68. The molecule has 0 saturated heterocycles. The van der Waals surface area contributed by atoms with Crippen molar-refractivity contribution in [3.05, 3.63) is 58.6 Å². The molecule has 0 bridgehead atoms. The number of nitrogens with zero attached hydrogens (tertiary/aromatic N) is 2. The van der Waals surface area contributed by atoms with Crippen LogP contribution >= 0.6 is 0 Å². The lowest BCUT2D eigenvalue weighted by atomic mass is 10.3. The van der Waals surface area contributed by atoms with Crippen molar-refractivity contribution in [3.8, 4) is 5.82 Å². The molecule has 0 unspecified atom stereocenters. The number of fused-ring (bicyclic) bond motifs is 1. The lowest BCUT2D eigenvalue weighted by Gasteiger charge is -2.02. The lowest BCUT2D eigenvalue weighted by Crippen LogP contribution is -2.16. The van der Waals surface area contributed by atoms with Crippen molar-refractivity contribution in [1.82, 2.24) is 14.5 Å². The molecule has 2 aromatic heterocycles. The largest absolute Gasteiger partial charge is 0.332 e. The van der Waals surface area contributed by atoms with Crippen molar-refractivity contribution in [2.75, 3.05) is 0 Å². The van der Waals surface area contributed by atoms with Crippen molar-refractivity contribution in [2.45, 2.75) is 0 Å². The molecule has 0 spiro atoms. The highest BCUT2D eigenvalue weighted by Crippen LogP contribution is 2.19. The second-order valence-electron chi connectivity index (χ2n) is 3.71. The summed E-state index contributed by atoms with van der Waals surface area (Å²) in [7, 11) is 0. The summed E-state index contributed by atoms with van der Waals surface area (Å²) in [5, 5.41) is 0. The SMILES string of the molecule is O=c1[nH]c2ccc(F)c(F)c2n1-c1ccccn1. The molecule has 0 amide bonds. The van der Waals surface area contributed by atoms with Crippen LogP contribution in [0.25, 0.3) is 16.9 Å². The maximum Gasteiger partial charge on any atom is 0.332 e. The summed E-state index contributed by atoms with van der Waals surface area (Å²) in [5.74, 6) is -1.85. The average molecular weight is 247 g/mol. The van der Waals surface area contributed by atoms with E-state index in [0.717, 1.165) is 10.6 Å². The van der Waals surface area contributed by atoms with E-state index in [1.54, 1.807) is 18.2 Å². The molecule has 0 fully saturated rings. The fraction of sp³-hybridized carbons (Fsp3) is 0.